The monoisotopic (exact) mass is 239 g/mol. The van der Waals surface area contributed by atoms with Crippen molar-refractivity contribution in [2.75, 3.05) is 7.11 Å². The Bertz CT molecular complexity index is 360. The number of oxime groups is 1. The molecule has 0 N–H and O–H groups in total. The lowest BCUT2D eigenvalue weighted by Crippen LogP contribution is -1.94. The lowest BCUT2D eigenvalue weighted by molar-refractivity contribution is 0.213. The maximum atomic E-state index is 4.79. The molecule has 0 aliphatic heterocycles. The van der Waals surface area contributed by atoms with Gasteiger partial charge in [-0.25, -0.2) is 0 Å². The van der Waals surface area contributed by atoms with Crippen molar-refractivity contribution in [3.8, 4) is 0 Å². The third kappa shape index (κ3) is 1.61. The highest BCUT2D eigenvalue weighted by molar-refractivity contribution is 9.10. The number of rotatable bonds is 1. The first-order valence-electron chi connectivity index (χ1n) is 4.20. The molecule has 2 rings (SSSR count). The molecule has 0 unspecified atom stereocenters. The van der Waals surface area contributed by atoms with Gasteiger partial charge >= 0.3 is 0 Å². The second-order valence-electron chi connectivity index (χ2n) is 3.02. The second-order valence-corrected chi connectivity index (χ2v) is 3.94. The summed E-state index contributed by atoms with van der Waals surface area (Å²) in [6, 6.07) is 6.27. The van der Waals surface area contributed by atoms with Crippen molar-refractivity contribution in [2.45, 2.75) is 12.8 Å². The fourth-order valence-corrected chi connectivity index (χ4v) is 2.05. The first-order chi connectivity index (χ1) is 6.31. The fraction of sp³-hybridized carbons (Fsp3) is 0.300. The Morgan fingerprint density at radius 3 is 3.00 bits per heavy atom. The molecule has 0 fully saturated rings. The first kappa shape index (κ1) is 8.75. The summed E-state index contributed by atoms with van der Waals surface area (Å²) in [6.07, 6.45) is 2.05. The van der Waals surface area contributed by atoms with E-state index < -0.39 is 0 Å². The molecule has 0 bridgehead atoms. The van der Waals surface area contributed by atoms with E-state index in [0.717, 1.165) is 23.0 Å². The molecule has 13 heavy (non-hydrogen) atoms. The van der Waals surface area contributed by atoms with Crippen molar-refractivity contribution >= 4 is 21.6 Å². The van der Waals surface area contributed by atoms with Crippen molar-refractivity contribution < 1.29 is 4.84 Å². The number of benzene rings is 1. The summed E-state index contributed by atoms with van der Waals surface area (Å²) in [6.45, 7) is 0. The number of halogens is 1. The van der Waals surface area contributed by atoms with E-state index in [9.17, 15) is 0 Å². The van der Waals surface area contributed by atoms with Gasteiger partial charge in [-0.1, -0.05) is 27.2 Å². The van der Waals surface area contributed by atoms with Crippen LogP contribution in [0.25, 0.3) is 0 Å². The molecule has 3 heteroatoms. The Labute approximate surface area is 85.7 Å². The van der Waals surface area contributed by atoms with Gasteiger partial charge in [-0.3, -0.25) is 0 Å². The van der Waals surface area contributed by atoms with Crippen LogP contribution in [0, 0.1) is 0 Å². The van der Waals surface area contributed by atoms with Crippen LogP contribution in [0.2, 0.25) is 0 Å². The number of fused-ring (bicyclic) bond motifs is 1. The average Bonchev–Trinajstić information content (AvgIpc) is 2.49. The van der Waals surface area contributed by atoms with Crippen LogP contribution in [-0.2, 0) is 11.3 Å². The van der Waals surface area contributed by atoms with Crippen LogP contribution in [0.3, 0.4) is 0 Å². The van der Waals surface area contributed by atoms with Crippen LogP contribution in [0.5, 0.6) is 0 Å². The minimum absolute atomic E-state index is 0.986. The molecule has 68 valence electrons. The van der Waals surface area contributed by atoms with Crippen LogP contribution >= 0.6 is 15.9 Å². The van der Waals surface area contributed by atoms with E-state index >= 15 is 0 Å². The molecule has 1 aromatic rings. The molecule has 1 aliphatic rings. The van der Waals surface area contributed by atoms with Crippen LogP contribution in [0.15, 0.2) is 27.8 Å². The van der Waals surface area contributed by atoms with Crippen LogP contribution in [0.4, 0.5) is 0 Å². The van der Waals surface area contributed by atoms with E-state index in [1.165, 1.54) is 11.1 Å². The Hall–Kier alpha value is -0.830. The molecule has 0 heterocycles. The molecule has 0 saturated carbocycles. The quantitative estimate of drug-likeness (QED) is 0.691. The van der Waals surface area contributed by atoms with E-state index in [4.69, 9.17) is 4.84 Å². The molecule has 1 aromatic carbocycles. The van der Waals surface area contributed by atoms with Gasteiger partial charge in [-0.05, 0) is 30.5 Å². The van der Waals surface area contributed by atoms with E-state index in [1.54, 1.807) is 7.11 Å². The van der Waals surface area contributed by atoms with Gasteiger partial charge in [0.2, 0.25) is 0 Å². The van der Waals surface area contributed by atoms with E-state index in [0.29, 0.717) is 0 Å². The summed E-state index contributed by atoms with van der Waals surface area (Å²) < 4.78 is 1.13. The molecule has 0 atom stereocenters. The van der Waals surface area contributed by atoms with Crippen LogP contribution in [0.1, 0.15) is 17.5 Å². The van der Waals surface area contributed by atoms with Crippen molar-refractivity contribution in [1.82, 2.24) is 0 Å². The minimum atomic E-state index is 0.986. The molecule has 2 nitrogen and oxygen atoms in total. The summed E-state index contributed by atoms with van der Waals surface area (Å²) in [5.74, 6) is 0. The number of nitrogens with zero attached hydrogens (tertiary/aromatic N) is 1. The summed E-state index contributed by atoms with van der Waals surface area (Å²) >= 11 is 3.45. The number of aryl methyl sites for hydroxylation is 1. The topological polar surface area (TPSA) is 21.6 Å². The minimum Gasteiger partial charge on any atom is -0.399 e. The maximum absolute atomic E-state index is 4.79. The van der Waals surface area contributed by atoms with Crippen molar-refractivity contribution in [1.29, 1.82) is 0 Å². The van der Waals surface area contributed by atoms with E-state index in [-0.39, 0.29) is 0 Å². The standard InChI is InChI=1S/C10H10BrNO/c1-13-12-10-5-2-7-6-8(11)3-4-9(7)10/h3-4,6H,2,5H2,1H3/b12-10+. The van der Waals surface area contributed by atoms with Crippen molar-refractivity contribution in [3.63, 3.8) is 0 Å². The third-order valence-electron chi connectivity index (χ3n) is 2.21. The molecule has 0 amide bonds. The van der Waals surface area contributed by atoms with Crippen LogP contribution < -0.4 is 0 Å². The second kappa shape index (κ2) is 3.50. The zero-order valence-corrected chi connectivity index (χ0v) is 8.97. The van der Waals surface area contributed by atoms with Gasteiger partial charge < -0.3 is 4.84 Å². The molecule has 0 saturated heterocycles. The van der Waals surface area contributed by atoms with Gasteiger partial charge in [0, 0.05) is 10.0 Å². The van der Waals surface area contributed by atoms with Crippen molar-refractivity contribution in [2.24, 2.45) is 5.16 Å². The Balaban J connectivity index is 2.44. The molecule has 1 aliphatic carbocycles. The van der Waals surface area contributed by atoms with Gasteiger partial charge in [0.05, 0.1) is 5.71 Å². The largest absolute Gasteiger partial charge is 0.399 e. The number of hydrogen-bond acceptors (Lipinski definition) is 2. The highest BCUT2D eigenvalue weighted by Gasteiger charge is 2.17. The predicted molar refractivity (Wildman–Crippen MR) is 56.0 cm³/mol. The lowest BCUT2D eigenvalue weighted by Gasteiger charge is -1.99. The Morgan fingerprint density at radius 2 is 2.23 bits per heavy atom. The van der Waals surface area contributed by atoms with Gasteiger partial charge in [0.1, 0.15) is 7.11 Å². The van der Waals surface area contributed by atoms with Gasteiger partial charge in [-0.15, -0.1) is 0 Å². The van der Waals surface area contributed by atoms with Crippen LogP contribution in [-0.4, -0.2) is 12.8 Å². The zero-order chi connectivity index (χ0) is 9.26. The highest BCUT2D eigenvalue weighted by Crippen LogP contribution is 2.25. The number of hydrogen-bond donors (Lipinski definition) is 0. The smallest absolute Gasteiger partial charge is 0.106 e. The average molecular weight is 240 g/mol. The summed E-state index contributed by atoms with van der Waals surface area (Å²) in [5.41, 5.74) is 3.64. The maximum Gasteiger partial charge on any atom is 0.106 e. The SMILES string of the molecule is CO/N=C1\CCc2cc(Br)ccc21. The van der Waals surface area contributed by atoms with Gasteiger partial charge in [-0.2, -0.15) is 0 Å². The summed E-state index contributed by atoms with van der Waals surface area (Å²) in [5, 5.41) is 4.00. The van der Waals surface area contributed by atoms with E-state index in [1.807, 2.05) is 6.07 Å². The van der Waals surface area contributed by atoms with Gasteiger partial charge in [0.15, 0.2) is 0 Å². The Kier molecular flexibility index (Phi) is 2.36. The van der Waals surface area contributed by atoms with Gasteiger partial charge in [0.25, 0.3) is 0 Å². The molecule has 0 spiro atoms. The summed E-state index contributed by atoms with van der Waals surface area (Å²) in [4.78, 5) is 4.79. The zero-order valence-electron chi connectivity index (χ0n) is 7.38. The Morgan fingerprint density at radius 1 is 1.38 bits per heavy atom. The van der Waals surface area contributed by atoms with E-state index in [2.05, 4.69) is 33.2 Å². The molecular weight excluding hydrogens is 230 g/mol. The molecule has 0 radical (unpaired) electrons. The normalized spacial score (nSPS) is 17.5. The fourth-order valence-electron chi connectivity index (χ4n) is 1.64. The molecular formula is C10H10BrNO. The molecule has 0 aromatic heterocycles. The summed E-state index contributed by atoms with van der Waals surface area (Å²) in [7, 11) is 1.59. The first-order valence-corrected chi connectivity index (χ1v) is 4.99. The van der Waals surface area contributed by atoms with Crippen molar-refractivity contribution in [3.05, 3.63) is 33.8 Å². The third-order valence-corrected chi connectivity index (χ3v) is 2.70. The lowest BCUT2D eigenvalue weighted by atomic mass is 10.1. The predicted octanol–water partition coefficient (Wildman–Crippen LogP) is 2.75. The highest BCUT2D eigenvalue weighted by atomic mass is 79.9.